The van der Waals surface area contributed by atoms with E-state index in [0.717, 1.165) is 13.0 Å². The van der Waals surface area contributed by atoms with Crippen LogP contribution in [0, 0.1) is 5.41 Å². The van der Waals surface area contributed by atoms with Gasteiger partial charge in [0.25, 0.3) is 0 Å². The number of hydrogen-bond donors (Lipinski definition) is 2. The lowest BCUT2D eigenvalue weighted by Gasteiger charge is -2.39. The lowest BCUT2D eigenvalue weighted by atomic mass is 9.82. The van der Waals surface area contributed by atoms with Gasteiger partial charge in [-0.05, 0) is 24.0 Å². The first kappa shape index (κ1) is 12.3. The maximum atomic E-state index is 9.49. The summed E-state index contributed by atoms with van der Waals surface area (Å²) in [5.74, 6) is 2.46. The van der Waals surface area contributed by atoms with Gasteiger partial charge in [-0.25, -0.2) is 0 Å². The second-order valence-corrected chi connectivity index (χ2v) is 5.99. The Bertz CT molecular complexity index is 173. The minimum Gasteiger partial charge on any atom is -0.392 e. The first-order valence-corrected chi connectivity index (χ1v) is 6.71. The van der Waals surface area contributed by atoms with Gasteiger partial charge in [0.1, 0.15) is 0 Å². The predicted molar refractivity (Wildman–Crippen MR) is 63.8 cm³/mol. The van der Waals surface area contributed by atoms with Crippen molar-refractivity contribution in [3.05, 3.63) is 0 Å². The molecule has 0 aromatic carbocycles. The van der Waals surface area contributed by atoms with Gasteiger partial charge in [0.2, 0.25) is 0 Å². The number of aliphatic hydroxyl groups is 1. The highest BCUT2D eigenvalue weighted by Gasteiger charge is 2.32. The van der Waals surface area contributed by atoms with E-state index in [-0.39, 0.29) is 6.10 Å². The van der Waals surface area contributed by atoms with E-state index in [4.69, 9.17) is 0 Å². The average Bonchev–Trinajstić information content (AvgIpc) is 2.15. The Morgan fingerprint density at radius 3 is 2.86 bits per heavy atom. The van der Waals surface area contributed by atoms with Crippen molar-refractivity contribution in [2.45, 2.75) is 45.8 Å². The summed E-state index contributed by atoms with van der Waals surface area (Å²) in [6, 6.07) is 0.558. The van der Waals surface area contributed by atoms with Crippen molar-refractivity contribution in [2.24, 2.45) is 5.41 Å². The lowest BCUT2D eigenvalue weighted by molar-refractivity contribution is 0.147. The van der Waals surface area contributed by atoms with Crippen LogP contribution in [0.4, 0.5) is 0 Å². The summed E-state index contributed by atoms with van der Waals surface area (Å²) in [7, 11) is 0. The van der Waals surface area contributed by atoms with Crippen molar-refractivity contribution < 1.29 is 5.11 Å². The average molecular weight is 217 g/mol. The fourth-order valence-corrected chi connectivity index (χ4v) is 3.34. The van der Waals surface area contributed by atoms with Crippen LogP contribution in [0.3, 0.4) is 0 Å². The topological polar surface area (TPSA) is 32.3 Å². The van der Waals surface area contributed by atoms with E-state index in [2.05, 4.69) is 19.2 Å². The van der Waals surface area contributed by atoms with E-state index in [0.29, 0.717) is 11.5 Å². The molecular formula is C11H23NOS. The quantitative estimate of drug-likeness (QED) is 0.754. The summed E-state index contributed by atoms with van der Waals surface area (Å²) in [5, 5.41) is 13.0. The number of thioether (sulfide) groups is 1. The van der Waals surface area contributed by atoms with Gasteiger partial charge in [0, 0.05) is 18.3 Å². The summed E-state index contributed by atoms with van der Waals surface area (Å²) in [4.78, 5) is 0. The number of hydrogen-bond acceptors (Lipinski definition) is 3. The molecule has 2 atom stereocenters. The molecule has 1 aliphatic rings. The molecule has 84 valence electrons. The minimum atomic E-state index is -0.183. The van der Waals surface area contributed by atoms with E-state index in [9.17, 15) is 5.11 Å². The molecule has 0 aliphatic carbocycles. The molecule has 0 spiro atoms. The standard InChI is InChI=1S/C11H23NOS/c1-4-9(13)7-12-10-8-14-6-5-11(10,2)3/h9-10,12-13H,4-8H2,1-3H3. The number of rotatable bonds is 4. The van der Waals surface area contributed by atoms with E-state index < -0.39 is 0 Å². The molecule has 2 nitrogen and oxygen atoms in total. The molecule has 3 heteroatoms. The third kappa shape index (κ3) is 3.44. The molecule has 2 unspecified atom stereocenters. The lowest BCUT2D eigenvalue weighted by Crippen LogP contribution is -2.48. The second kappa shape index (κ2) is 5.38. The molecule has 1 heterocycles. The van der Waals surface area contributed by atoms with Crippen molar-refractivity contribution in [1.29, 1.82) is 0 Å². The zero-order valence-electron chi connectivity index (χ0n) is 9.55. The molecule has 0 amide bonds. The summed E-state index contributed by atoms with van der Waals surface area (Å²) >= 11 is 2.02. The van der Waals surface area contributed by atoms with E-state index in [1.54, 1.807) is 0 Å². The Hall–Kier alpha value is 0.270. The van der Waals surface area contributed by atoms with Crippen LogP contribution in [0.1, 0.15) is 33.6 Å². The van der Waals surface area contributed by atoms with Crippen LogP contribution in [0.25, 0.3) is 0 Å². The molecule has 14 heavy (non-hydrogen) atoms. The molecule has 1 rings (SSSR count). The number of nitrogens with one attached hydrogen (secondary N) is 1. The highest BCUT2D eigenvalue weighted by Crippen LogP contribution is 2.33. The maximum Gasteiger partial charge on any atom is 0.0662 e. The minimum absolute atomic E-state index is 0.183. The molecule has 1 aliphatic heterocycles. The Morgan fingerprint density at radius 2 is 2.29 bits per heavy atom. The predicted octanol–water partition coefficient (Wildman–Crippen LogP) is 1.88. The van der Waals surface area contributed by atoms with E-state index in [1.165, 1.54) is 17.9 Å². The van der Waals surface area contributed by atoms with Crippen LogP contribution in [0.2, 0.25) is 0 Å². The highest BCUT2D eigenvalue weighted by molar-refractivity contribution is 7.99. The smallest absolute Gasteiger partial charge is 0.0662 e. The molecule has 0 aromatic rings. The van der Waals surface area contributed by atoms with Crippen LogP contribution in [-0.2, 0) is 0 Å². The van der Waals surface area contributed by atoms with Crippen LogP contribution >= 0.6 is 11.8 Å². The molecule has 0 bridgehead atoms. The first-order chi connectivity index (χ1) is 6.56. The molecule has 1 fully saturated rings. The Balaban J connectivity index is 2.34. The monoisotopic (exact) mass is 217 g/mol. The van der Waals surface area contributed by atoms with Crippen molar-refractivity contribution in [1.82, 2.24) is 5.32 Å². The van der Waals surface area contributed by atoms with Gasteiger partial charge < -0.3 is 10.4 Å². The summed E-state index contributed by atoms with van der Waals surface area (Å²) in [6.45, 7) is 7.41. The Morgan fingerprint density at radius 1 is 1.57 bits per heavy atom. The van der Waals surface area contributed by atoms with Crippen LogP contribution < -0.4 is 5.32 Å². The van der Waals surface area contributed by atoms with Gasteiger partial charge in [-0.1, -0.05) is 20.8 Å². The van der Waals surface area contributed by atoms with Gasteiger partial charge in [0.15, 0.2) is 0 Å². The van der Waals surface area contributed by atoms with Crippen molar-refractivity contribution >= 4 is 11.8 Å². The second-order valence-electron chi connectivity index (χ2n) is 4.84. The highest BCUT2D eigenvalue weighted by atomic mass is 32.2. The van der Waals surface area contributed by atoms with E-state index in [1.807, 2.05) is 18.7 Å². The Labute approximate surface area is 91.9 Å². The molecule has 1 saturated heterocycles. The van der Waals surface area contributed by atoms with Crippen LogP contribution in [-0.4, -0.2) is 35.3 Å². The maximum absolute atomic E-state index is 9.49. The van der Waals surface area contributed by atoms with Crippen LogP contribution in [0.15, 0.2) is 0 Å². The summed E-state index contributed by atoms with van der Waals surface area (Å²) < 4.78 is 0. The normalized spacial score (nSPS) is 28.7. The molecule has 0 radical (unpaired) electrons. The summed E-state index contributed by atoms with van der Waals surface area (Å²) in [6.07, 6.45) is 1.93. The fraction of sp³-hybridized carbons (Fsp3) is 1.00. The zero-order valence-corrected chi connectivity index (χ0v) is 10.4. The van der Waals surface area contributed by atoms with Crippen molar-refractivity contribution in [2.75, 3.05) is 18.1 Å². The molecular weight excluding hydrogens is 194 g/mol. The molecule has 0 aromatic heterocycles. The van der Waals surface area contributed by atoms with Gasteiger partial charge in [0.05, 0.1) is 6.10 Å². The van der Waals surface area contributed by atoms with Crippen molar-refractivity contribution in [3.8, 4) is 0 Å². The first-order valence-electron chi connectivity index (χ1n) is 5.55. The SMILES string of the molecule is CCC(O)CNC1CSCCC1(C)C. The van der Waals surface area contributed by atoms with Gasteiger partial charge >= 0.3 is 0 Å². The van der Waals surface area contributed by atoms with Gasteiger partial charge in [-0.2, -0.15) is 11.8 Å². The molecule has 2 N–H and O–H groups in total. The number of aliphatic hydroxyl groups excluding tert-OH is 1. The molecule has 0 saturated carbocycles. The zero-order chi connectivity index (χ0) is 10.6. The third-order valence-corrected chi connectivity index (χ3v) is 4.25. The van der Waals surface area contributed by atoms with Gasteiger partial charge in [-0.15, -0.1) is 0 Å². The Kier molecular flexibility index (Phi) is 4.74. The van der Waals surface area contributed by atoms with E-state index >= 15 is 0 Å². The van der Waals surface area contributed by atoms with Crippen molar-refractivity contribution in [3.63, 3.8) is 0 Å². The fourth-order valence-electron chi connectivity index (χ4n) is 1.69. The van der Waals surface area contributed by atoms with Gasteiger partial charge in [-0.3, -0.25) is 0 Å². The van der Waals surface area contributed by atoms with Crippen LogP contribution in [0.5, 0.6) is 0 Å². The third-order valence-electron chi connectivity index (χ3n) is 3.19. The summed E-state index contributed by atoms with van der Waals surface area (Å²) in [5.41, 5.74) is 0.388. The largest absolute Gasteiger partial charge is 0.392 e.